The molecule has 2 aliphatic rings. The van der Waals surface area contributed by atoms with Crippen molar-refractivity contribution < 1.29 is 9.53 Å². The number of benzene rings is 1. The predicted octanol–water partition coefficient (Wildman–Crippen LogP) is 2.87. The van der Waals surface area contributed by atoms with E-state index in [0.29, 0.717) is 43.0 Å². The first kappa shape index (κ1) is 21.1. The molecule has 0 saturated carbocycles. The molecular weight excluding hydrogens is 418 g/mol. The first-order valence-corrected chi connectivity index (χ1v) is 11.0. The summed E-state index contributed by atoms with van der Waals surface area (Å²) in [7, 11) is 1.68. The maximum atomic E-state index is 12.8. The smallest absolute Gasteiger partial charge is 0.229 e. The Balaban J connectivity index is 1.49. The van der Waals surface area contributed by atoms with Crippen LogP contribution in [0.2, 0.25) is 0 Å². The van der Waals surface area contributed by atoms with Crippen LogP contribution >= 0.6 is 0 Å². The van der Waals surface area contributed by atoms with Crippen LogP contribution in [0.4, 0.5) is 17.5 Å². The van der Waals surface area contributed by atoms with Gasteiger partial charge in [0.05, 0.1) is 41.1 Å². The summed E-state index contributed by atoms with van der Waals surface area (Å²) in [6.07, 6.45) is 5.32. The molecule has 33 heavy (non-hydrogen) atoms. The monoisotopic (exact) mass is 443 g/mol. The van der Waals surface area contributed by atoms with E-state index in [1.807, 2.05) is 36.7 Å². The number of ether oxygens (including phenoxy) is 1. The molecule has 0 aliphatic carbocycles. The van der Waals surface area contributed by atoms with Gasteiger partial charge in [-0.25, -0.2) is 9.97 Å². The van der Waals surface area contributed by atoms with Crippen LogP contribution in [0.25, 0.3) is 5.69 Å². The average Bonchev–Trinajstić information content (AvgIpc) is 3.46. The molecule has 1 fully saturated rings. The Labute approximate surface area is 192 Å². The second-order valence-electron chi connectivity index (χ2n) is 8.45. The van der Waals surface area contributed by atoms with Crippen LogP contribution < -0.4 is 10.2 Å². The van der Waals surface area contributed by atoms with Gasteiger partial charge in [0.15, 0.2) is 5.78 Å². The molecule has 2 aromatic heterocycles. The molecule has 168 valence electrons. The molecule has 2 atom stereocenters. The van der Waals surface area contributed by atoms with Crippen LogP contribution in [0.1, 0.15) is 35.9 Å². The van der Waals surface area contributed by atoms with Gasteiger partial charge in [-0.1, -0.05) is 6.92 Å². The van der Waals surface area contributed by atoms with Crippen molar-refractivity contribution in [2.45, 2.75) is 45.3 Å². The van der Waals surface area contributed by atoms with Gasteiger partial charge < -0.3 is 19.5 Å². The maximum Gasteiger partial charge on any atom is 0.229 e. The number of anilines is 3. The molecule has 1 N–H and O–H groups in total. The van der Waals surface area contributed by atoms with E-state index in [4.69, 9.17) is 14.7 Å². The van der Waals surface area contributed by atoms with E-state index in [1.165, 1.54) is 0 Å². The summed E-state index contributed by atoms with van der Waals surface area (Å²) in [5.74, 6) is 1.46. The summed E-state index contributed by atoms with van der Waals surface area (Å²) in [5.41, 5.74) is 4.64. The Morgan fingerprint density at radius 1 is 1.33 bits per heavy atom. The van der Waals surface area contributed by atoms with E-state index in [1.54, 1.807) is 19.5 Å². The van der Waals surface area contributed by atoms with Gasteiger partial charge in [-0.05, 0) is 31.5 Å². The topological polar surface area (TPSA) is 109 Å². The fraction of sp³-hybridized carbons (Fsp3) is 0.375. The molecule has 2 aliphatic heterocycles. The lowest BCUT2D eigenvalue weighted by atomic mass is 9.95. The third-order valence-corrected chi connectivity index (χ3v) is 6.36. The van der Waals surface area contributed by atoms with Gasteiger partial charge >= 0.3 is 0 Å². The summed E-state index contributed by atoms with van der Waals surface area (Å²) in [5, 5.41) is 13.0. The Morgan fingerprint density at radius 2 is 2.18 bits per heavy atom. The van der Waals surface area contributed by atoms with Crippen molar-refractivity contribution in [3.63, 3.8) is 0 Å². The molecule has 1 aromatic carbocycles. The van der Waals surface area contributed by atoms with Crippen molar-refractivity contribution in [2.75, 3.05) is 23.9 Å². The molecule has 9 heteroatoms. The minimum absolute atomic E-state index is 0.0129. The Kier molecular flexibility index (Phi) is 5.30. The highest BCUT2D eigenvalue weighted by atomic mass is 16.5. The Morgan fingerprint density at radius 3 is 2.88 bits per heavy atom. The van der Waals surface area contributed by atoms with Crippen molar-refractivity contribution in [1.82, 2.24) is 19.5 Å². The Hall–Kier alpha value is -3.77. The van der Waals surface area contributed by atoms with Gasteiger partial charge in [-0.2, -0.15) is 10.2 Å². The maximum absolute atomic E-state index is 12.8. The molecule has 0 amide bonds. The summed E-state index contributed by atoms with van der Waals surface area (Å²) in [6.45, 7) is 4.57. The zero-order valence-electron chi connectivity index (χ0n) is 18.9. The number of aryl methyl sites for hydroxylation is 2. The number of carbonyl (C=O) groups is 1. The van der Waals surface area contributed by atoms with Gasteiger partial charge in [0.1, 0.15) is 11.9 Å². The van der Waals surface area contributed by atoms with Gasteiger partial charge in [0.2, 0.25) is 5.95 Å². The lowest BCUT2D eigenvalue weighted by Crippen LogP contribution is -2.42. The van der Waals surface area contributed by atoms with Gasteiger partial charge in [0.25, 0.3) is 0 Å². The van der Waals surface area contributed by atoms with Crippen LogP contribution in [-0.4, -0.2) is 51.1 Å². The number of carbonyl (C=O) groups excluding carboxylic acids is 1. The van der Waals surface area contributed by atoms with E-state index < -0.39 is 0 Å². The van der Waals surface area contributed by atoms with E-state index in [2.05, 4.69) is 21.3 Å². The van der Waals surface area contributed by atoms with Crippen LogP contribution in [0.5, 0.6) is 0 Å². The highest BCUT2D eigenvalue weighted by Crippen LogP contribution is 2.36. The van der Waals surface area contributed by atoms with Crippen molar-refractivity contribution in [3.05, 3.63) is 53.2 Å². The normalized spacial score (nSPS) is 19.2. The predicted molar refractivity (Wildman–Crippen MR) is 123 cm³/mol. The lowest BCUT2D eigenvalue weighted by molar-refractivity contribution is -0.120. The highest BCUT2D eigenvalue weighted by molar-refractivity contribution is 5.94. The molecule has 0 bridgehead atoms. The summed E-state index contributed by atoms with van der Waals surface area (Å²) < 4.78 is 7.37. The van der Waals surface area contributed by atoms with Crippen molar-refractivity contribution >= 4 is 23.2 Å². The number of hydrogen-bond donors (Lipinski definition) is 1. The van der Waals surface area contributed by atoms with Crippen LogP contribution in [0.15, 0.2) is 30.7 Å². The van der Waals surface area contributed by atoms with Gasteiger partial charge in [0, 0.05) is 43.9 Å². The molecule has 1 saturated heterocycles. The van der Waals surface area contributed by atoms with E-state index in [-0.39, 0.29) is 17.9 Å². The number of methoxy groups -OCH3 is 1. The summed E-state index contributed by atoms with van der Waals surface area (Å²) in [6, 6.07) is 7.61. The minimum Gasteiger partial charge on any atom is -0.380 e. The second kappa shape index (κ2) is 8.30. The molecule has 0 spiro atoms. The number of nitrogens with one attached hydrogen (secondary N) is 1. The first-order valence-electron chi connectivity index (χ1n) is 11.0. The zero-order chi connectivity index (χ0) is 23.1. The highest BCUT2D eigenvalue weighted by Gasteiger charge is 2.42. The van der Waals surface area contributed by atoms with Crippen LogP contribution in [-0.2, 0) is 22.4 Å². The average molecular weight is 444 g/mol. The number of Topliss-reactive ketones (excluding diaryl/α,β-unsaturated/α-hetero) is 1. The number of imidazole rings is 1. The number of fused-ring (bicyclic) bond motifs is 3. The molecule has 3 aromatic rings. The minimum atomic E-state index is -0.196. The number of aromatic nitrogens is 4. The van der Waals surface area contributed by atoms with Crippen LogP contribution in [0.3, 0.4) is 0 Å². The first-order chi connectivity index (χ1) is 16.0. The largest absolute Gasteiger partial charge is 0.380 e. The van der Waals surface area contributed by atoms with Crippen molar-refractivity contribution in [2.24, 2.45) is 0 Å². The van der Waals surface area contributed by atoms with Crippen LogP contribution in [0, 0.1) is 18.3 Å². The third kappa shape index (κ3) is 3.72. The van der Waals surface area contributed by atoms with E-state index in [0.717, 1.165) is 28.5 Å². The third-order valence-electron chi connectivity index (χ3n) is 6.36. The second-order valence-corrected chi connectivity index (χ2v) is 8.45. The summed E-state index contributed by atoms with van der Waals surface area (Å²) >= 11 is 0. The number of rotatable bonds is 5. The molecule has 9 nitrogen and oxygen atoms in total. The number of nitrogens with zero attached hydrogens (tertiary/aromatic N) is 6. The fourth-order valence-corrected chi connectivity index (χ4v) is 4.69. The van der Waals surface area contributed by atoms with Crippen molar-refractivity contribution in [3.8, 4) is 11.8 Å². The standard InChI is InChI=1S/C24H25N7O2/c1-4-19-18-9-22(32)21-8-17(33-3)12-31(21)23(18)29-24(28-19)27-16-5-6-20(15(7-16)10-25)30-11-14(2)26-13-30/h5-7,11,13,17,21H,4,8-9,12H2,1-3H3,(H,27,28,29)/t17-,21+/m1/s1. The summed E-state index contributed by atoms with van der Waals surface area (Å²) in [4.78, 5) is 28.6. The molecular formula is C24H25N7O2. The number of nitriles is 1. The number of hydrogen-bond acceptors (Lipinski definition) is 8. The number of ketones is 1. The molecule has 0 radical (unpaired) electrons. The zero-order valence-corrected chi connectivity index (χ0v) is 18.9. The SMILES string of the molecule is CCc1nc(Nc2ccc(-n3cnc(C)c3)c(C#N)c2)nc2c1CC(=O)[C@@H]1C[C@@H](OC)CN21. The van der Waals surface area contributed by atoms with Crippen molar-refractivity contribution in [1.29, 1.82) is 5.26 Å². The molecule has 0 unspecified atom stereocenters. The van der Waals surface area contributed by atoms with Gasteiger partial charge in [-0.3, -0.25) is 4.79 Å². The molecule has 5 rings (SSSR count). The van der Waals surface area contributed by atoms with E-state index in [9.17, 15) is 10.1 Å². The quantitative estimate of drug-likeness (QED) is 0.641. The lowest BCUT2D eigenvalue weighted by Gasteiger charge is -2.32. The fourth-order valence-electron chi connectivity index (χ4n) is 4.69. The van der Waals surface area contributed by atoms with E-state index >= 15 is 0 Å². The van der Waals surface area contributed by atoms with Gasteiger partial charge in [-0.15, -0.1) is 0 Å². The Bertz CT molecular complexity index is 1280. The molecule has 4 heterocycles.